The summed E-state index contributed by atoms with van der Waals surface area (Å²) < 4.78 is 6.20. The zero-order valence-electron chi connectivity index (χ0n) is 15.2. The van der Waals surface area contributed by atoms with Gasteiger partial charge in [0, 0.05) is 27.9 Å². The second kappa shape index (κ2) is 8.51. The highest BCUT2D eigenvalue weighted by molar-refractivity contribution is 14.1. The minimum atomic E-state index is -0.530. The Morgan fingerprint density at radius 1 is 1.19 bits per heavy atom. The summed E-state index contributed by atoms with van der Waals surface area (Å²) in [7, 11) is 0. The summed E-state index contributed by atoms with van der Waals surface area (Å²) in [6.45, 7) is 4.42. The summed E-state index contributed by atoms with van der Waals surface area (Å²) in [6.07, 6.45) is 0.943. The van der Waals surface area contributed by atoms with Gasteiger partial charge in [0.15, 0.2) is 6.61 Å². The van der Waals surface area contributed by atoms with Gasteiger partial charge in [0.1, 0.15) is 0 Å². The van der Waals surface area contributed by atoms with Crippen LogP contribution >= 0.6 is 22.6 Å². The molecule has 7 heteroatoms. The molecule has 1 aliphatic heterocycles. The first-order valence-electron chi connectivity index (χ1n) is 8.57. The molecule has 2 aromatic carbocycles. The van der Waals surface area contributed by atoms with Crippen LogP contribution in [0.4, 0.5) is 11.4 Å². The van der Waals surface area contributed by atoms with Gasteiger partial charge in [0.05, 0.1) is 11.3 Å². The average molecular weight is 477 g/mol. The molecule has 0 bridgehead atoms. The van der Waals surface area contributed by atoms with Gasteiger partial charge in [-0.3, -0.25) is 9.80 Å². The first-order valence-corrected chi connectivity index (χ1v) is 9.65. The van der Waals surface area contributed by atoms with E-state index in [4.69, 9.17) is 4.74 Å². The normalized spacial score (nSPS) is 13.3. The number of ether oxygens (including phenoxy) is 1. The summed E-state index contributed by atoms with van der Waals surface area (Å²) >= 11 is 2.21. The van der Waals surface area contributed by atoms with Crippen LogP contribution in [0.15, 0.2) is 47.6 Å². The lowest BCUT2D eigenvalue weighted by atomic mass is 10.2. The van der Waals surface area contributed by atoms with Gasteiger partial charge in [-0.2, -0.15) is 5.10 Å². The number of esters is 1. The van der Waals surface area contributed by atoms with E-state index in [1.807, 2.05) is 49.2 Å². The number of nitrogens with zero attached hydrogens (tertiary/aromatic N) is 2. The lowest BCUT2D eigenvalue weighted by Gasteiger charge is -2.14. The van der Waals surface area contributed by atoms with Gasteiger partial charge < -0.3 is 10.1 Å². The van der Waals surface area contributed by atoms with E-state index in [1.54, 1.807) is 12.1 Å². The van der Waals surface area contributed by atoms with E-state index in [0.717, 1.165) is 33.5 Å². The second-order valence-corrected chi connectivity index (χ2v) is 7.58. The van der Waals surface area contributed by atoms with Gasteiger partial charge in [-0.05, 0) is 84.5 Å². The predicted molar refractivity (Wildman–Crippen MR) is 114 cm³/mol. The topological polar surface area (TPSA) is 71.0 Å². The van der Waals surface area contributed by atoms with Crippen LogP contribution in [-0.4, -0.2) is 30.7 Å². The zero-order chi connectivity index (χ0) is 19.4. The number of carbonyl (C=O) groups excluding carboxylic acids is 2. The third kappa shape index (κ3) is 5.06. The molecule has 0 unspecified atom stereocenters. The van der Waals surface area contributed by atoms with Crippen LogP contribution in [0.3, 0.4) is 0 Å². The fourth-order valence-electron chi connectivity index (χ4n) is 2.70. The highest BCUT2D eigenvalue weighted by Gasteiger charge is 2.15. The SMILES string of the molecule is CC1=NN(c2ccc(C(=O)OCC(=O)Nc3ccc(I)cc3C)cc2)CC1. The lowest BCUT2D eigenvalue weighted by molar-refractivity contribution is -0.119. The number of hydrogen-bond donors (Lipinski definition) is 1. The molecule has 3 rings (SSSR count). The average Bonchev–Trinajstić information content (AvgIpc) is 3.08. The summed E-state index contributed by atoms with van der Waals surface area (Å²) in [5, 5.41) is 9.08. The zero-order valence-corrected chi connectivity index (χ0v) is 17.3. The molecule has 1 heterocycles. The molecule has 1 amide bonds. The first kappa shape index (κ1) is 19.3. The van der Waals surface area contributed by atoms with Crippen molar-refractivity contribution in [1.82, 2.24) is 0 Å². The Hall–Kier alpha value is -2.42. The Kier molecular flexibility index (Phi) is 6.10. The molecular weight excluding hydrogens is 457 g/mol. The Morgan fingerprint density at radius 3 is 2.56 bits per heavy atom. The molecule has 0 saturated carbocycles. The van der Waals surface area contributed by atoms with E-state index in [0.29, 0.717) is 11.3 Å². The van der Waals surface area contributed by atoms with E-state index in [2.05, 4.69) is 33.0 Å². The summed E-state index contributed by atoms with van der Waals surface area (Å²) in [4.78, 5) is 24.2. The standard InChI is InChI=1S/C20H20IN3O3/c1-13-11-16(21)5-8-18(13)22-19(25)12-27-20(26)15-3-6-17(7-4-15)24-10-9-14(2)23-24/h3-8,11H,9-10,12H2,1-2H3,(H,22,25). The van der Waals surface area contributed by atoms with Crippen LogP contribution in [0.5, 0.6) is 0 Å². The molecule has 0 radical (unpaired) electrons. The van der Waals surface area contributed by atoms with Gasteiger partial charge >= 0.3 is 5.97 Å². The van der Waals surface area contributed by atoms with Gasteiger partial charge in [0.25, 0.3) is 5.91 Å². The van der Waals surface area contributed by atoms with E-state index in [-0.39, 0.29) is 12.5 Å². The number of carbonyl (C=O) groups is 2. The Bertz CT molecular complexity index is 894. The van der Waals surface area contributed by atoms with Crippen molar-refractivity contribution in [2.75, 3.05) is 23.5 Å². The molecule has 27 heavy (non-hydrogen) atoms. The van der Waals surface area contributed by atoms with Crippen LogP contribution in [0.1, 0.15) is 29.3 Å². The molecule has 1 aliphatic rings. The molecule has 0 aliphatic carbocycles. The number of benzene rings is 2. The Labute approximate surface area is 171 Å². The molecule has 140 valence electrons. The third-order valence-corrected chi connectivity index (χ3v) is 4.85. The van der Waals surface area contributed by atoms with Crippen LogP contribution in [-0.2, 0) is 9.53 Å². The Morgan fingerprint density at radius 2 is 1.93 bits per heavy atom. The summed E-state index contributed by atoms with van der Waals surface area (Å²) in [5.74, 6) is -0.900. The minimum absolute atomic E-state index is 0.332. The van der Waals surface area contributed by atoms with Crippen molar-refractivity contribution < 1.29 is 14.3 Å². The summed E-state index contributed by atoms with van der Waals surface area (Å²) in [6, 6.07) is 12.7. The van der Waals surface area contributed by atoms with Crippen molar-refractivity contribution in [1.29, 1.82) is 0 Å². The van der Waals surface area contributed by atoms with E-state index in [1.165, 1.54) is 0 Å². The molecule has 1 N–H and O–H groups in total. The monoisotopic (exact) mass is 477 g/mol. The van der Waals surface area contributed by atoms with Crippen molar-refractivity contribution in [2.24, 2.45) is 5.10 Å². The fourth-order valence-corrected chi connectivity index (χ4v) is 3.35. The predicted octanol–water partition coefficient (Wildman–Crippen LogP) is 3.98. The second-order valence-electron chi connectivity index (χ2n) is 6.34. The molecule has 0 atom stereocenters. The minimum Gasteiger partial charge on any atom is -0.452 e. The summed E-state index contributed by atoms with van der Waals surface area (Å²) in [5.41, 5.74) is 4.08. The van der Waals surface area contributed by atoms with E-state index >= 15 is 0 Å². The van der Waals surface area contributed by atoms with Gasteiger partial charge in [-0.15, -0.1) is 0 Å². The number of hydrogen-bond acceptors (Lipinski definition) is 5. The van der Waals surface area contributed by atoms with Crippen molar-refractivity contribution in [3.8, 4) is 0 Å². The van der Waals surface area contributed by atoms with Crippen molar-refractivity contribution in [3.63, 3.8) is 0 Å². The molecule has 0 fully saturated rings. The highest BCUT2D eigenvalue weighted by atomic mass is 127. The smallest absolute Gasteiger partial charge is 0.338 e. The first-order chi connectivity index (χ1) is 12.9. The number of rotatable bonds is 5. The van der Waals surface area contributed by atoms with Crippen molar-refractivity contribution in [2.45, 2.75) is 20.3 Å². The quantitative estimate of drug-likeness (QED) is 0.523. The maximum atomic E-state index is 12.2. The number of nitrogens with one attached hydrogen (secondary N) is 1. The van der Waals surface area contributed by atoms with Crippen LogP contribution in [0, 0.1) is 10.5 Å². The van der Waals surface area contributed by atoms with Crippen molar-refractivity contribution >= 4 is 51.6 Å². The maximum absolute atomic E-state index is 12.2. The molecular formula is C20H20IN3O3. The largest absolute Gasteiger partial charge is 0.452 e. The van der Waals surface area contributed by atoms with Gasteiger partial charge in [0.2, 0.25) is 0 Å². The fraction of sp³-hybridized carbons (Fsp3) is 0.250. The van der Waals surface area contributed by atoms with Gasteiger partial charge in [-0.1, -0.05) is 0 Å². The third-order valence-electron chi connectivity index (χ3n) is 4.17. The van der Waals surface area contributed by atoms with Crippen LogP contribution in [0.2, 0.25) is 0 Å². The van der Waals surface area contributed by atoms with Crippen LogP contribution in [0.25, 0.3) is 0 Å². The van der Waals surface area contributed by atoms with Crippen LogP contribution < -0.4 is 10.3 Å². The van der Waals surface area contributed by atoms with E-state index in [9.17, 15) is 9.59 Å². The number of amides is 1. The Balaban J connectivity index is 1.53. The van der Waals surface area contributed by atoms with Gasteiger partial charge in [-0.25, -0.2) is 4.79 Å². The molecule has 0 aromatic heterocycles. The number of anilines is 2. The molecule has 0 saturated heterocycles. The molecule has 2 aromatic rings. The number of hydrazone groups is 1. The number of halogens is 1. The molecule has 0 spiro atoms. The van der Waals surface area contributed by atoms with Crippen molar-refractivity contribution in [3.05, 3.63) is 57.2 Å². The van der Waals surface area contributed by atoms with E-state index < -0.39 is 5.97 Å². The molecule has 6 nitrogen and oxygen atoms in total. The highest BCUT2D eigenvalue weighted by Crippen LogP contribution is 2.20. The maximum Gasteiger partial charge on any atom is 0.338 e. The number of aryl methyl sites for hydroxylation is 1. The lowest BCUT2D eigenvalue weighted by Crippen LogP contribution is -2.21.